The molecule has 152 valence electrons. The Kier molecular flexibility index (Phi) is 5.72. The van der Waals surface area contributed by atoms with Crippen LogP contribution in [0.4, 0.5) is 0 Å². The van der Waals surface area contributed by atoms with Crippen molar-refractivity contribution in [1.82, 2.24) is 9.29 Å². The third kappa shape index (κ3) is 4.69. The fourth-order valence-electron chi connectivity index (χ4n) is 3.39. The van der Waals surface area contributed by atoms with Crippen LogP contribution in [0.2, 0.25) is 0 Å². The first kappa shape index (κ1) is 20.1. The van der Waals surface area contributed by atoms with Crippen molar-refractivity contribution in [1.29, 1.82) is 0 Å². The monoisotopic (exact) mass is 428 g/mol. The SMILES string of the molecule is Cc1ccc(/C=C/S(=O)(=O)N2CCC(Oc3nc4c(C)cccc4s3)CC2)cc1. The standard InChI is InChI=1S/C22H24N2O3S2/c1-16-6-8-18(9-7-16)12-15-29(25,26)24-13-10-19(11-14-24)27-22-23-21-17(2)4-3-5-20(21)28-22/h3-9,12,15,19H,10-11,13-14H2,1-2H3/b15-12+. The predicted molar refractivity (Wildman–Crippen MR) is 119 cm³/mol. The Morgan fingerprint density at radius 1 is 1.10 bits per heavy atom. The van der Waals surface area contributed by atoms with Crippen LogP contribution in [0, 0.1) is 13.8 Å². The van der Waals surface area contributed by atoms with E-state index in [0.717, 1.165) is 26.9 Å². The summed E-state index contributed by atoms with van der Waals surface area (Å²) in [4.78, 5) is 4.60. The van der Waals surface area contributed by atoms with Crippen molar-refractivity contribution in [3.63, 3.8) is 0 Å². The molecule has 1 aliphatic heterocycles. The van der Waals surface area contributed by atoms with Crippen molar-refractivity contribution in [2.24, 2.45) is 0 Å². The molecule has 29 heavy (non-hydrogen) atoms. The molecule has 0 unspecified atom stereocenters. The van der Waals surface area contributed by atoms with E-state index in [1.54, 1.807) is 17.4 Å². The molecule has 2 aromatic carbocycles. The highest BCUT2D eigenvalue weighted by Crippen LogP contribution is 2.31. The third-order valence-electron chi connectivity index (χ3n) is 5.14. The zero-order valence-electron chi connectivity index (χ0n) is 16.5. The van der Waals surface area contributed by atoms with Gasteiger partial charge in [-0.2, -0.15) is 4.31 Å². The molecule has 5 nitrogen and oxygen atoms in total. The van der Waals surface area contributed by atoms with Gasteiger partial charge in [0, 0.05) is 18.5 Å². The van der Waals surface area contributed by atoms with E-state index in [1.165, 1.54) is 9.71 Å². The highest BCUT2D eigenvalue weighted by Gasteiger charge is 2.28. The summed E-state index contributed by atoms with van der Waals surface area (Å²) in [6.07, 6.45) is 2.96. The highest BCUT2D eigenvalue weighted by molar-refractivity contribution is 7.92. The Hall–Kier alpha value is -2.22. The number of benzene rings is 2. The number of sulfonamides is 1. The van der Waals surface area contributed by atoms with Crippen molar-refractivity contribution < 1.29 is 13.2 Å². The number of thiazole rings is 1. The number of hydrogen-bond donors (Lipinski definition) is 0. The van der Waals surface area contributed by atoms with Crippen LogP contribution in [-0.4, -0.2) is 36.9 Å². The van der Waals surface area contributed by atoms with Crippen LogP contribution in [0.3, 0.4) is 0 Å². The molecule has 1 aromatic heterocycles. The van der Waals surface area contributed by atoms with E-state index in [1.807, 2.05) is 56.3 Å². The largest absolute Gasteiger partial charge is 0.467 e. The van der Waals surface area contributed by atoms with Crippen molar-refractivity contribution in [2.75, 3.05) is 13.1 Å². The summed E-state index contributed by atoms with van der Waals surface area (Å²) >= 11 is 1.54. The Balaban J connectivity index is 1.36. The second-order valence-electron chi connectivity index (χ2n) is 7.38. The number of rotatable bonds is 5. The molecule has 1 saturated heterocycles. The van der Waals surface area contributed by atoms with Crippen LogP contribution < -0.4 is 4.74 Å². The number of fused-ring (bicyclic) bond motifs is 1. The lowest BCUT2D eigenvalue weighted by atomic mass is 10.1. The number of piperidine rings is 1. The van der Waals surface area contributed by atoms with E-state index in [4.69, 9.17) is 4.74 Å². The Morgan fingerprint density at radius 3 is 2.52 bits per heavy atom. The first-order valence-corrected chi connectivity index (χ1v) is 12.0. The van der Waals surface area contributed by atoms with E-state index in [0.29, 0.717) is 31.1 Å². The summed E-state index contributed by atoms with van der Waals surface area (Å²) in [6, 6.07) is 13.9. The van der Waals surface area contributed by atoms with Crippen molar-refractivity contribution in [3.05, 3.63) is 64.6 Å². The fraction of sp³-hybridized carbons (Fsp3) is 0.318. The smallest absolute Gasteiger partial charge is 0.274 e. The van der Waals surface area contributed by atoms with E-state index in [2.05, 4.69) is 4.98 Å². The summed E-state index contributed by atoms with van der Waals surface area (Å²) in [6.45, 7) is 4.95. The van der Waals surface area contributed by atoms with Crippen molar-refractivity contribution in [3.8, 4) is 5.19 Å². The normalized spacial score (nSPS) is 16.6. The Morgan fingerprint density at radius 2 is 1.83 bits per heavy atom. The van der Waals surface area contributed by atoms with E-state index in [-0.39, 0.29) is 6.10 Å². The first-order valence-electron chi connectivity index (χ1n) is 9.68. The molecular weight excluding hydrogens is 404 g/mol. The fourth-order valence-corrected chi connectivity index (χ4v) is 5.57. The molecule has 0 bridgehead atoms. The van der Waals surface area contributed by atoms with E-state index < -0.39 is 10.0 Å². The zero-order chi connectivity index (χ0) is 20.4. The van der Waals surface area contributed by atoms with Crippen molar-refractivity contribution >= 4 is 37.7 Å². The van der Waals surface area contributed by atoms with E-state index in [9.17, 15) is 8.42 Å². The molecule has 0 amide bonds. The van der Waals surface area contributed by atoms with Gasteiger partial charge in [-0.3, -0.25) is 0 Å². The van der Waals surface area contributed by atoms with Gasteiger partial charge in [-0.05, 0) is 50.0 Å². The number of para-hydroxylation sites is 1. The number of nitrogens with zero attached hydrogens (tertiary/aromatic N) is 2. The maximum Gasteiger partial charge on any atom is 0.274 e. The average molecular weight is 429 g/mol. The molecule has 0 atom stereocenters. The van der Waals surface area contributed by atoms with Crippen LogP contribution in [0.25, 0.3) is 16.3 Å². The molecule has 0 saturated carbocycles. The zero-order valence-corrected chi connectivity index (χ0v) is 18.2. The van der Waals surface area contributed by atoms with Gasteiger partial charge in [0.15, 0.2) is 0 Å². The molecule has 1 fully saturated rings. The highest BCUT2D eigenvalue weighted by atomic mass is 32.2. The van der Waals surface area contributed by atoms with Gasteiger partial charge in [0.2, 0.25) is 10.0 Å². The third-order valence-corrected chi connectivity index (χ3v) is 7.62. The lowest BCUT2D eigenvalue weighted by molar-refractivity contribution is 0.135. The maximum absolute atomic E-state index is 12.6. The average Bonchev–Trinajstić information content (AvgIpc) is 3.12. The van der Waals surface area contributed by atoms with Crippen LogP contribution in [0.5, 0.6) is 5.19 Å². The topological polar surface area (TPSA) is 59.5 Å². The van der Waals surface area contributed by atoms with Gasteiger partial charge in [0.25, 0.3) is 5.19 Å². The van der Waals surface area contributed by atoms with Gasteiger partial charge in [-0.15, -0.1) is 0 Å². The van der Waals surface area contributed by atoms with Crippen LogP contribution in [0.15, 0.2) is 47.9 Å². The van der Waals surface area contributed by atoms with Gasteiger partial charge in [-0.1, -0.05) is 53.3 Å². The predicted octanol–water partition coefficient (Wildman–Crippen LogP) is 4.76. The van der Waals surface area contributed by atoms with Crippen molar-refractivity contribution in [2.45, 2.75) is 32.8 Å². The number of aromatic nitrogens is 1. The number of aryl methyl sites for hydroxylation is 2. The molecule has 3 aromatic rings. The maximum atomic E-state index is 12.6. The van der Waals surface area contributed by atoms with Gasteiger partial charge in [-0.25, -0.2) is 13.4 Å². The Bertz CT molecular complexity index is 1130. The second-order valence-corrected chi connectivity index (χ2v) is 10.2. The molecular formula is C22H24N2O3S2. The van der Waals surface area contributed by atoms with Gasteiger partial charge < -0.3 is 4.74 Å². The van der Waals surface area contributed by atoms with Gasteiger partial charge >= 0.3 is 0 Å². The van der Waals surface area contributed by atoms with Crippen LogP contribution in [-0.2, 0) is 10.0 Å². The minimum atomic E-state index is -3.43. The van der Waals surface area contributed by atoms with Crippen LogP contribution >= 0.6 is 11.3 Å². The molecule has 0 aliphatic carbocycles. The number of hydrogen-bond acceptors (Lipinski definition) is 5. The summed E-state index contributed by atoms with van der Waals surface area (Å²) in [5.74, 6) is 0. The summed E-state index contributed by atoms with van der Waals surface area (Å²) in [7, 11) is -3.43. The van der Waals surface area contributed by atoms with E-state index >= 15 is 0 Å². The molecule has 7 heteroatoms. The quantitative estimate of drug-likeness (QED) is 0.588. The van der Waals surface area contributed by atoms with Gasteiger partial charge in [0.1, 0.15) is 6.10 Å². The minimum Gasteiger partial charge on any atom is -0.467 e. The molecule has 2 heterocycles. The first-order chi connectivity index (χ1) is 13.9. The molecule has 0 N–H and O–H groups in total. The molecule has 4 rings (SSSR count). The van der Waals surface area contributed by atoms with Crippen LogP contribution in [0.1, 0.15) is 29.5 Å². The number of ether oxygens (including phenoxy) is 1. The summed E-state index contributed by atoms with van der Waals surface area (Å²) < 4.78 is 34.0. The molecule has 0 spiro atoms. The second kappa shape index (κ2) is 8.26. The summed E-state index contributed by atoms with van der Waals surface area (Å²) in [5.41, 5.74) is 4.14. The Labute approximate surface area is 175 Å². The molecule has 0 radical (unpaired) electrons. The summed E-state index contributed by atoms with van der Waals surface area (Å²) in [5, 5.41) is 1.96. The van der Waals surface area contributed by atoms with Gasteiger partial charge in [0.05, 0.1) is 10.2 Å². The minimum absolute atomic E-state index is 0.0107. The molecule has 1 aliphatic rings. The lowest BCUT2D eigenvalue weighted by Crippen LogP contribution is -2.40. The lowest BCUT2D eigenvalue weighted by Gasteiger charge is -2.29.